The van der Waals surface area contributed by atoms with Gasteiger partial charge >= 0.3 is 6.03 Å². The molecule has 6 heteroatoms. The van der Waals surface area contributed by atoms with Crippen molar-refractivity contribution in [3.8, 4) is 5.69 Å². The fourth-order valence-electron chi connectivity index (χ4n) is 8.89. The Morgan fingerprint density at radius 1 is 0.780 bits per heavy atom. The third-order valence-electron chi connectivity index (χ3n) is 10.1. The van der Waals surface area contributed by atoms with Crippen LogP contribution in [-0.4, -0.2) is 22.4 Å². The van der Waals surface area contributed by atoms with Gasteiger partial charge in [-0.15, -0.1) is 0 Å². The quantitative estimate of drug-likeness (QED) is 0.287. The van der Waals surface area contributed by atoms with Gasteiger partial charge < -0.3 is 4.57 Å². The van der Waals surface area contributed by atoms with Crippen molar-refractivity contribution >= 4 is 29.6 Å². The van der Waals surface area contributed by atoms with Crippen molar-refractivity contribution in [1.29, 1.82) is 0 Å². The first-order valence-electron chi connectivity index (χ1n) is 14.9. The average molecular weight is 548 g/mol. The summed E-state index contributed by atoms with van der Waals surface area (Å²) in [6.45, 7) is 8.13. The van der Waals surface area contributed by atoms with Gasteiger partial charge in [-0.1, -0.05) is 18.2 Å². The number of aromatic nitrogens is 1. The van der Waals surface area contributed by atoms with Gasteiger partial charge in [-0.2, -0.15) is 0 Å². The summed E-state index contributed by atoms with van der Waals surface area (Å²) in [5.74, 6) is 1.25. The summed E-state index contributed by atoms with van der Waals surface area (Å²) in [5.41, 5.74) is 8.06. The molecule has 1 aromatic heterocycles. The normalized spacial score (nSPS) is 28.1. The van der Waals surface area contributed by atoms with E-state index in [9.17, 15) is 14.4 Å². The number of benzene rings is 2. The van der Waals surface area contributed by atoms with E-state index in [1.165, 1.54) is 44.1 Å². The molecule has 1 aliphatic heterocycles. The Kier molecular flexibility index (Phi) is 5.90. The van der Waals surface area contributed by atoms with Crippen molar-refractivity contribution in [2.75, 3.05) is 4.90 Å². The molecule has 4 aliphatic carbocycles. The molecular formula is C35H37N3O3. The second-order valence-electron chi connectivity index (χ2n) is 13.2. The number of anilines is 1. The first-order valence-corrected chi connectivity index (χ1v) is 14.9. The predicted octanol–water partition coefficient (Wildman–Crippen LogP) is 6.85. The van der Waals surface area contributed by atoms with Crippen LogP contribution in [0.15, 0.2) is 54.1 Å². The molecule has 1 saturated heterocycles. The number of aryl methyl sites for hydroxylation is 3. The third kappa shape index (κ3) is 4.27. The average Bonchev–Trinajstić information content (AvgIpc) is 3.17. The smallest absolute Gasteiger partial charge is 0.318 e. The molecule has 2 aromatic carbocycles. The van der Waals surface area contributed by atoms with Gasteiger partial charge in [-0.05, 0) is 148 Å². The Morgan fingerprint density at radius 2 is 1.37 bits per heavy atom. The SMILES string of the molecule is Cc1cc(C)cc(-n2c(C)cc(/C=C3\C(=O)NC(=O)N(c4ccc(C56CC7CC(CC(C7)C5)C6)cc4)C3=O)c2C)c1. The van der Waals surface area contributed by atoms with Gasteiger partial charge in [0.2, 0.25) is 0 Å². The van der Waals surface area contributed by atoms with Crippen LogP contribution >= 0.6 is 0 Å². The molecule has 8 rings (SSSR count). The summed E-state index contributed by atoms with van der Waals surface area (Å²) >= 11 is 0. The van der Waals surface area contributed by atoms with Gasteiger partial charge in [0, 0.05) is 17.1 Å². The lowest BCUT2D eigenvalue weighted by Gasteiger charge is -2.57. The maximum absolute atomic E-state index is 13.7. The van der Waals surface area contributed by atoms with E-state index >= 15 is 0 Å². The summed E-state index contributed by atoms with van der Waals surface area (Å²) in [5, 5.41) is 2.39. The topological polar surface area (TPSA) is 71.4 Å². The number of carbonyl (C=O) groups is 3. The fraction of sp³-hybridized carbons (Fsp3) is 0.400. The number of nitrogens with one attached hydrogen (secondary N) is 1. The lowest BCUT2D eigenvalue weighted by molar-refractivity contribution is -0.122. The number of rotatable bonds is 4. The third-order valence-corrected chi connectivity index (χ3v) is 10.1. The molecule has 0 atom stereocenters. The first kappa shape index (κ1) is 26.0. The molecule has 0 radical (unpaired) electrons. The van der Waals surface area contributed by atoms with Gasteiger partial charge in [-0.25, -0.2) is 9.69 Å². The van der Waals surface area contributed by atoms with Crippen molar-refractivity contribution in [2.24, 2.45) is 17.8 Å². The zero-order valence-electron chi connectivity index (χ0n) is 24.3. The van der Waals surface area contributed by atoms with E-state index in [0.717, 1.165) is 56.4 Å². The Hall–Kier alpha value is -3.93. The molecule has 1 N–H and O–H groups in total. The van der Waals surface area contributed by atoms with Gasteiger partial charge in [0.05, 0.1) is 5.69 Å². The van der Waals surface area contributed by atoms with Crippen molar-refractivity contribution in [2.45, 2.75) is 71.6 Å². The number of hydrogen-bond donors (Lipinski definition) is 1. The zero-order chi connectivity index (χ0) is 28.6. The highest BCUT2D eigenvalue weighted by atomic mass is 16.2. The minimum Gasteiger partial charge on any atom is -0.318 e. The van der Waals surface area contributed by atoms with E-state index < -0.39 is 17.8 Å². The molecule has 210 valence electrons. The molecule has 4 amide bonds. The fourth-order valence-corrected chi connectivity index (χ4v) is 8.89. The molecule has 0 spiro atoms. The zero-order valence-corrected chi connectivity index (χ0v) is 24.3. The van der Waals surface area contributed by atoms with Gasteiger partial charge in [0.1, 0.15) is 5.57 Å². The Bertz CT molecular complexity index is 1590. The molecule has 6 nitrogen and oxygen atoms in total. The summed E-state index contributed by atoms with van der Waals surface area (Å²) in [6.07, 6.45) is 9.53. The second-order valence-corrected chi connectivity index (χ2v) is 13.2. The monoisotopic (exact) mass is 547 g/mol. The molecule has 41 heavy (non-hydrogen) atoms. The Labute approximate surface area is 241 Å². The summed E-state index contributed by atoms with van der Waals surface area (Å²) in [7, 11) is 0. The van der Waals surface area contributed by atoms with Crippen LogP contribution in [0.25, 0.3) is 11.8 Å². The van der Waals surface area contributed by atoms with Crippen molar-refractivity contribution < 1.29 is 14.4 Å². The standard InChI is InChI=1S/C35H37N3O3/c1-20-9-21(2)11-30(10-20)37-22(3)12-27(23(37)4)16-31-32(39)36-34(41)38(33(31)40)29-7-5-28(6-8-29)35-17-24-13-25(18-35)15-26(14-24)19-35/h5-12,16,24-26H,13-15,17-19H2,1-4H3,(H,36,39,41)/b31-16+. The number of hydrogen-bond acceptors (Lipinski definition) is 3. The van der Waals surface area contributed by atoms with E-state index in [1.807, 2.05) is 32.0 Å². The maximum atomic E-state index is 13.7. The first-order chi connectivity index (χ1) is 19.6. The number of urea groups is 1. The predicted molar refractivity (Wildman–Crippen MR) is 160 cm³/mol. The number of barbiturate groups is 1. The van der Waals surface area contributed by atoms with Crippen LogP contribution in [0.4, 0.5) is 10.5 Å². The maximum Gasteiger partial charge on any atom is 0.335 e. The lowest BCUT2D eigenvalue weighted by atomic mass is 9.48. The van der Waals surface area contributed by atoms with E-state index in [4.69, 9.17) is 0 Å². The second kappa shape index (κ2) is 9.30. The van der Waals surface area contributed by atoms with Crippen molar-refractivity contribution in [3.05, 3.63) is 87.7 Å². The highest BCUT2D eigenvalue weighted by Gasteiger charge is 2.51. The number of amides is 4. The van der Waals surface area contributed by atoms with Crippen LogP contribution < -0.4 is 10.2 Å². The molecule has 3 aromatic rings. The Balaban J connectivity index is 1.19. The summed E-state index contributed by atoms with van der Waals surface area (Å²) in [6, 6.07) is 15.6. The Morgan fingerprint density at radius 3 is 1.95 bits per heavy atom. The van der Waals surface area contributed by atoms with Crippen LogP contribution in [0.1, 0.15) is 72.2 Å². The molecule has 0 unspecified atom stereocenters. The van der Waals surface area contributed by atoms with Crippen LogP contribution in [-0.2, 0) is 15.0 Å². The number of nitrogens with zero attached hydrogens (tertiary/aromatic N) is 2. The lowest BCUT2D eigenvalue weighted by Crippen LogP contribution is -2.54. The van der Waals surface area contributed by atoms with E-state index in [1.54, 1.807) is 6.08 Å². The van der Waals surface area contributed by atoms with Gasteiger partial charge in [-0.3, -0.25) is 14.9 Å². The minimum absolute atomic E-state index is 0.0459. The molecule has 2 heterocycles. The van der Waals surface area contributed by atoms with Crippen LogP contribution in [0.2, 0.25) is 0 Å². The van der Waals surface area contributed by atoms with Crippen molar-refractivity contribution in [1.82, 2.24) is 9.88 Å². The van der Waals surface area contributed by atoms with Crippen molar-refractivity contribution in [3.63, 3.8) is 0 Å². The minimum atomic E-state index is -0.708. The van der Waals surface area contributed by atoms with Gasteiger partial charge in [0.15, 0.2) is 0 Å². The van der Waals surface area contributed by atoms with Crippen LogP contribution in [0, 0.1) is 45.4 Å². The van der Waals surface area contributed by atoms with Crippen LogP contribution in [0.5, 0.6) is 0 Å². The summed E-state index contributed by atoms with van der Waals surface area (Å²) < 4.78 is 2.13. The molecule has 4 saturated carbocycles. The summed E-state index contributed by atoms with van der Waals surface area (Å²) in [4.78, 5) is 40.6. The van der Waals surface area contributed by atoms with E-state index in [2.05, 4.69) is 54.1 Å². The van der Waals surface area contributed by atoms with E-state index in [-0.39, 0.29) is 11.0 Å². The van der Waals surface area contributed by atoms with Crippen LogP contribution in [0.3, 0.4) is 0 Å². The van der Waals surface area contributed by atoms with Gasteiger partial charge in [0.25, 0.3) is 11.8 Å². The number of carbonyl (C=O) groups excluding carboxylic acids is 3. The highest BCUT2D eigenvalue weighted by molar-refractivity contribution is 6.39. The molecular weight excluding hydrogens is 510 g/mol. The number of imide groups is 2. The highest BCUT2D eigenvalue weighted by Crippen LogP contribution is 2.60. The van der Waals surface area contributed by atoms with E-state index in [0.29, 0.717) is 5.69 Å². The molecule has 5 fully saturated rings. The molecule has 4 bridgehead atoms. The molecule has 5 aliphatic rings. The largest absolute Gasteiger partial charge is 0.335 e.